The van der Waals surface area contributed by atoms with Crippen molar-refractivity contribution in [1.82, 2.24) is 4.98 Å². The van der Waals surface area contributed by atoms with Crippen molar-refractivity contribution in [3.63, 3.8) is 0 Å². The van der Waals surface area contributed by atoms with Gasteiger partial charge in [0.2, 0.25) is 0 Å². The van der Waals surface area contributed by atoms with E-state index in [9.17, 15) is 44.6 Å². The zero-order valence-electron chi connectivity index (χ0n) is 25.6. The molecule has 0 radical (unpaired) electrons. The molecule has 0 aliphatic rings. The van der Waals surface area contributed by atoms with Gasteiger partial charge >= 0.3 is 18.5 Å². The number of para-hydroxylation sites is 1. The van der Waals surface area contributed by atoms with Crippen molar-refractivity contribution >= 4 is 57.1 Å². The van der Waals surface area contributed by atoms with Gasteiger partial charge in [0.25, 0.3) is 0 Å². The van der Waals surface area contributed by atoms with E-state index in [0.717, 1.165) is 18.3 Å². The summed E-state index contributed by atoms with van der Waals surface area (Å²) in [5, 5.41) is 10.5. The van der Waals surface area contributed by atoms with Crippen LogP contribution in [0, 0.1) is 21.5 Å². The molecule has 4 aromatic carbocycles. The summed E-state index contributed by atoms with van der Waals surface area (Å²) in [6.07, 6.45) is -10.3. The van der Waals surface area contributed by atoms with Crippen molar-refractivity contribution in [3.8, 4) is 28.0 Å². The van der Waals surface area contributed by atoms with Crippen LogP contribution in [0.5, 0.6) is 5.75 Å². The Morgan fingerprint density at radius 2 is 1.14 bits per heavy atom. The van der Waals surface area contributed by atoms with E-state index in [-0.39, 0.29) is 69.2 Å². The van der Waals surface area contributed by atoms with Crippen LogP contribution in [-0.2, 0) is 35.0 Å². The fraction of sp³-hybridized carbons (Fsp3) is 0.114. The van der Waals surface area contributed by atoms with E-state index >= 15 is 0 Å². The Balaban J connectivity index is 0.000000979. The summed E-state index contributed by atoms with van der Waals surface area (Å²) in [6, 6.07) is 17.0. The summed E-state index contributed by atoms with van der Waals surface area (Å²) in [6.45, 7) is 1.42. The first-order valence-corrected chi connectivity index (χ1v) is 15.7. The predicted octanol–water partition coefficient (Wildman–Crippen LogP) is 12.6. The monoisotopic (exact) mass is 971 g/mol. The molecule has 3 nitrogen and oxygen atoms in total. The molecule has 5 aromatic rings. The number of aromatic hydroxyl groups is 1. The number of benzene rings is 4. The summed E-state index contributed by atoms with van der Waals surface area (Å²) in [5.41, 5.74) is -4.63. The number of hydrogen-bond acceptors (Lipinski definition) is 3. The smallest absolute Gasteiger partial charge is 0.416 e. The number of alkyl halides is 9. The zero-order chi connectivity index (χ0) is 35.4. The minimum atomic E-state index is -5.13. The Morgan fingerprint density at radius 3 is 1.58 bits per heavy atom. The van der Waals surface area contributed by atoms with Crippen LogP contribution in [0.15, 0.2) is 102 Å². The zero-order valence-corrected chi connectivity index (χ0v) is 30.9. The molecule has 0 spiro atoms. The van der Waals surface area contributed by atoms with Crippen molar-refractivity contribution in [2.45, 2.75) is 25.5 Å². The number of hydrogen-bond donors (Lipinski definition) is 1. The average Bonchev–Trinajstić information content (AvgIpc) is 3.01. The van der Waals surface area contributed by atoms with Gasteiger partial charge in [-0.15, -0.1) is 0 Å². The Kier molecular flexibility index (Phi) is 14.9. The van der Waals surface area contributed by atoms with Crippen molar-refractivity contribution < 1.29 is 61.1 Å². The molecule has 0 bridgehead atoms. The second-order valence-corrected chi connectivity index (χ2v) is 12.6. The molecular formula is C35H24F9I2N2NiO-. The minimum Gasteiger partial charge on any atom is -0.506 e. The quantitative estimate of drug-likeness (QED) is 0.0641. The number of rotatable bonds is 4. The van der Waals surface area contributed by atoms with Crippen molar-refractivity contribution in [2.24, 2.45) is 4.99 Å². The van der Waals surface area contributed by atoms with Gasteiger partial charge < -0.3 is 12.5 Å². The van der Waals surface area contributed by atoms with Crippen LogP contribution in [0.1, 0.15) is 27.8 Å². The van der Waals surface area contributed by atoms with Crippen molar-refractivity contribution in [2.75, 3.05) is 0 Å². The van der Waals surface area contributed by atoms with E-state index in [1.165, 1.54) is 37.3 Å². The molecule has 5 rings (SSSR count). The van der Waals surface area contributed by atoms with Crippen LogP contribution in [0.2, 0.25) is 0 Å². The Bertz CT molecular complexity index is 1890. The van der Waals surface area contributed by atoms with E-state index in [2.05, 4.69) is 9.98 Å². The van der Waals surface area contributed by atoms with Crippen LogP contribution in [0.25, 0.3) is 22.3 Å². The summed E-state index contributed by atoms with van der Waals surface area (Å²) >= 11 is 3.84. The first-order chi connectivity index (χ1) is 22.3. The first kappa shape index (κ1) is 43.0. The van der Waals surface area contributed by atoms with E-state index in [0.29, 0.717) is 19.3 Å². The number of pyridine rings is 1. The molecule has 0 atom stereocenters. The molecule has 0 aliphatic heterocycles. The topological polar surface area (TPSA) is 45.5 Å². The maximum absolute atomic E-state index is 13.7. The molecule has 268 valence electrons. The predicted molar refractivity (Wildman–Crippen MR) is 189 cm³/mol. The standard InChI is InChI=1S/C29H16F9I2NO.C5H5N.CH3.Ni/c1-14-5-15(7-18(6-14)27(30,31)32)22-3-2-4-23(25(22)41-13-17-10-21(39)12-24(40)26(17)42)16-8-19(28(33,34)35)11-20(9-16)29(36,37)38;1-2-4-6-5-3-1;;/h2-13,42H,1H3;1-5H;1H3;/q;;-1;. The molecule has 0 fully saturated rings. The number of aryl methyl sites for hydroxylation is 1. The normalized spacial score (nSPS) is 11.7. The minimum absolute atomic E-state index is 0. The van der Waals surface area contributed by atoms with E-state index in [4.69, 9.17) is 0 Å². The van der Waals surface area contributed by atoms with Gasteiger partial charge in [-0.05, 0) is 123 Å². The maximum atomic E-state index is 13.7. The number of phenolic OH excluding ortho intramolecular Hbond substituents is 1. The van der Waals surface area contributed by atoms with Crippen LogP contribution >= 0.6 is 45.2 Å². The van der Waals surface area contributed by atoms with E-state index in [1.807, 2.05) is 63.4 Å². The third-order valence-corrected chi connectivity index (χ3v) is 8.05. The van der Waals surface area contributed by atoms with Gasteiger partial charge in [-0.3, -0.25) is 9.98 Å². The van der Waals surface area contributed by atoms with Crippen LogP contribution in [0.4, 0.5) is 45.2 Å². The SMILES string of the molecule is Cc1cc(-c2cccc(-c3cc(C(F)(F)F)cc(C(F)(F)F)c3)c2N=Cc2cc(I)cc(I)c2O)cc(C(F)(F)F)c1.[CH3-].[Ni].c1ccncc1. The van der Waals surface area contributed by atoms with Gasteiger partial charge in [0, 0.05) is 55.4 Å². The average molecular weight is 972 g/mol. The van der Waals surface area contributed by atoms with Gasteiger partial charge in [0.1, 0.15) is 5.75 Å². The largest absolute Gasteiger partial charge is 0.506 e. The van der Waals surface area contributed by atoms with Gasteiger partial charge in [-0.2, -0.15) is 39.5 Å². The third-order valence-electron chi connectivity index (χ3n) is 6.61. The second kappa shape index (κ2) is 17.4. The summed E-state index contributed by atoms with van der Waals surface area (Å²) in [7, 11) is 0. The summed E-state index contributed by atoms with van der Waals surface area (Å²) in [5.74, 6) is -0.188. The molecule has 0 aliphatic carbocycles. The molecule has 0 saturated heterocycles. The molecule has 50 heavy (non-hydrogen) atoms. The van der Waals surface area contributed by atoms with Gasteiger partial charge in [0.15, 0.2) is 0 Å². The number of phenols is 1. The summed E-state index contributed by atoms with van der Waals surface area (Å²) in [4.78, 5) is 8.13. The third kappa shape index (κ3) is 11.2. The van der Waals surface area contributed by atoms with Crippen molar-refractivity contribution in [3.05, 3.63) is 140 Å². The number of nitrogens with zero attached hydrogens (tertiary/aromatic N) is 2. The van der Waals surface area contributed by atoms with Gasteiger partial charge in [0.05, 0.1) is 25.9 Å². The molecule has 0 amide bonds. The van der Waals surface area contributed by atoms with E-state index in [1.54, 1.807) is 18.5 Å². The Labute approximate surface area is 319 Å². The summed E-state index contributed by atoms with van der Waals surface area (Å²) < 4.78 is 124. The Hall–Kier alpha value is -3.18. The molecule has 1 aromatic heterocycles. The number of aliphatic imine (C=N–C) groups is 1. The van der Waals surface area contributed by atoms with Crippen LogP contribution < -0.4 is 0 Å². The maximum Gasteiger partial charge on any atom is 0.416 e. The first-order valence-electron chi connectivity index (χ1n) is 13.5. The number of halogens is 11. The fourth-order valence-electron chi connectivity index (χ4n) is 4.49. The molecule has 0 unspecified atom stereocenters. The van der Waals surface area contributed by atoms with Gasteiger partial charge in [-0.25, -0.2) is 0 Å². The van der Waals surface area contributed by atoms with Gasteiger partial charge in [-0.1, -0.05) is 30.3 Å². The van der Waals surface area contributed by atoms with Crippen LogP contribution in [-0.4, -0.2) is 16.3 Å². The van der Waals surface area contributed by atoms with Crippen LogP contribution in [0.3, 0.4) is 0 Å². The fourth-order valence-corrected chi connectivity index (χ4v) is 6.38. The Morgan fingerprint density at radius 1 is 0.660 bits per heavy atom. The number of aromatic nitrogens is 1. The molecule has 15 heteroatoms. The molecular weight excluding hydrogens is 948 g/mol. The molecule has 0 saturated carbocycles. The molecule has 1 N–H and O–H groups in total. The molecule has 1 heterocycles. The van der Waals surface area contributed by atoms with Crippen molar-refractivity contribution in [1.29, 1.82) is 0 Å². The van der Waals surface area contributed by atoms with E-state index < -0.39 is 40.8 Å². The second-order valence-electron chi connectivity index (χ2n) is 10.2.